The van der Waals surface area contributed by atoms with Gasteiger partial charge in [0.1, 0.15) is 0 Å². The van der Waals surface area contributed by atoms with Crippen LogP contribution in [-0.4, -0.2) is 30.6 Å². The van der Waals surface area contributed by atoms with Crippen molar-refractivity contribution in [1.82, 2.24) is 30.0 Å². The van der Waals surface area contributed by atoms with Gasteiger partial charge in [0.2, 0.25) is 5.91 Å². The number of hydrogen-bond acceptors (Lipinski definition) is 6. The second kappa shape index (κ2) is 7.10. The van der Waals surface area contributed by atoms with Gasteiger partial charge >= 0.3 is 0 Å². The number of aromatic nitrogens is 5. The minimum absolute atomic E-state index is 0.0222. The molecule has 0 spiro atoms. The average Bonchev–Trinajstić information content (AvgIpc) is 3.25. The van der Waals surface area contributed by atoms with Crippen LogP contribution in [0.1, 0.15) is 12.6 Å². The molecule has 3 rings (SSSR count). The zero-order valence-corrected chi connectivity index (χ0v) is 13.4. The van der Waals surface area contributed by atoms with E-state index >= 15 is 0 Å². The van der Waals surface area contributed by atoms with Gasteiger partial charge in [-0.2, -0.15) is 5.10 Å². The van der Waals surface area contributed by atoms with Crippen molar-refractivity contribution in [3.8, 4) is 10.8 Å². The van der Waals surface area contributed by atoms with E-state index in [9.17, 15) is 4.79 Å². The van der Waals surface area contributed by atoms with Gasteiger partial charge in [0, 0.05) is 30.2 Å². The Morgan fingerprint density at radius 2 is 2.13 bits per heavy atom. The molecule has 0 aliphatic rings. The lowest BCUT2D eigenvalue weighted by Crippen LogP contribution is -2.31. The fourth-order valence-electron chi connectivity index (χ4n) is 2.02. The van der Waals surface area contributed by atoms with Gasteiger partial charge in [-0.1, -0.05) is 6.92 Å². The highest BCUT2D eigenvalue weighted by molar-refractivity contribution is 7.13. The quantitative estimate of drug-likeness (QED) is 0.745. The fraction of sp³-hybridized carbons (Fsp3) is 0.267. The third-order valence-corrected chi connectivity index (χ3v) is 4.11. The Balaban J connectivity index is 1.54. The average molecular weight is 328 g/mol. The Morgan fingerprint density at radius 3 is 2.87 bits per heavy atom. The summed E-state index contributed by atoms with van der Waals surface area (Å²) in [6.07, 6.45) is 6.91. The lowest BCUT2D eigenvalue weighted by molar-refractivity contribution is -0.125. The number of thiazole rings is 1. The third kappa shape index (κ3) is 3.98. The number of nitrogens with one attached hydrogen (secondary N) is 1. The molecule has 1 atom stereocenters. The molecule has 3 aromatic rings. The van der Waals surface area contributed by atoms with Crippen LogP contribution in [0.4, 0.5) is 0 Å². The summed E-state index contributed by atoms with van der Waals surface area (Å²) in [7, 11) is 0. The van der Waals surface area contributed by atoms with Crippen LogP contribution in [0, 0.1) is 5.92 Å². The van der Waals surface area contributed by atoms with Crippen molar-refractivity contribution >= 4 is 17.2 Å². The van der Waals surface area contributed by atoms with E-state index in [-0.39, 0.29) is 11.8 Å². The van der Waals surface area contributed by atoms with Crippen molar-refractivity contribution in [2.24, 2.45) is 5.92 Å². The Morgan fingerprint density at radius 1 is 1.30 bits per heavy atom. The first-order chi connectivity index (χ1) is 11.2. The monoisotopic (exact) mass is 328 g/mol. The Kier molecular flexibility index (Phi) is 4.72. The lowest BCUT2D eigenvalue weighted by atomic mass is 10.1. The van der Waals surface area contributed by atoms with E-state index in [1.807, 2.05) is 24.6 Å². The van der Waals surface area contributed by atoms with Crippen LogP contribution in [0.2, 0.25) is 0 Å². The molecule has 0 radical (unpaired) electrons. The first-order valence-electron chi connectivity index (χ1n) is 7.19. The normalized spacial score (nSPS) is 12.0. The molecule has 7 nitrogen and oxygen atoms in total. The predicted octanol–water partition coefficient (Wildman–Crippen LogP) is 1.75. The van der Waals surface area contributed by atoms with Gasteiger partial charge in [-0.25, -0.2) is 15.0 Å². The molecule has 0 saturated carbocycles. The van der Waals surface area contributed by atoms with Crippen molar-refractivity contribution in [2.75, 3.05) is 0 Å². The minimum Gasteiger partial charge on any atom is -0.350 e. The topological polar surface area (TPSA) is 85.6 Å². The standard InChI is InChI=1S/C15H16N6OS/c1-11(9-21-7-3-6-19-21)14(22)18-8-12-10-23-15(20-12)13-16-4-2-5-17-13/h2-7,10-11H,8-9H2,1H3,(H,18,22)/t11-/m1/s1. The van der Waals surface area contributed by atoms with Gasteiger partial charge in [0.15, 0.2) is 10.8 Å². The number of carbonyl (C=O) groups is 1. The molecule has 3 heterocycles. The first kappa shape index (κ1) is 15.3. The van der Waals surface area contributed by atoms with Crippen molar-refractivity contribution in [2.45, 2.75) is 20.0 Å². The molecule has 118 valence electrons. The van der Waals surface area contributed by atoms with Gasteiger partial charge < -0.3 is 5.32 Å². The van der Waals surface area contributed by atoms with E-state index in [0.29, 0.717) is 18.9 Å². The van der Waals surface area contributed by atoms with Crippen molar-refractivity contribution in [3.63, 3.8) is 0 Å². The molecule has 0 aliphatic carbocycles. The van der Waals surface area contributed by atoms with Crippen LogP contribution < -0.4 is 5.32 Å². The summed E-state index contributed by atoms with van der Waals surface area (Å²) in [5.41, 5.74) is 0.803. The molecule has 3 aromatic heterocycles. The van der Waals surface area contributed by atoms with E-state index in [1.165, 1.54) is 11.3 Å². The Hall–Kier alpha value is -2.61. The number of nitrogens with zero attached hydrogens (tertiary/aromatic N) is 5. The number of amides is 1. The maximum Gasteiger partial charge on any atom is 0.225 e. The van der Waals surface area contributed by atoms with Crippen molar-refractivity contribution < 1.29 is 4.79 Å². The second-order valence-corrected chi connectivity index (χ2v) is 5.92. The van der Waals surface area contributed by atoms with Crippen molar-refractivity contribution in [3.05, 3.63) is 48.0 Å². The maximum absolute atomic E-state index is 12.1. The lowest BCUT2D eigenvalue weighted by Gasteiger charge is -2.11. The molecule has 1 amide bonds. The van der Waals surface area contributed by atoms with Crippen LogP contribution in [0.3, 0.4) is 0 Å². The first-order valence-corrected chi connectivity index (χ1v) is 8.07. The number of rotatable bonds is 6. The summed E-state index contributed by atoms with van der Waals surface area (Å²) < 4.78 is 1.75. The van der Waals surface area contributed by atoms with Gasteiger partial charge in [-0.05, 0) is 12.1 Å². The van der Waals surface area contributed by atoms with Crippen LogP contribution >= 0.6 is 11.3 Å². The van der Waals surface area contributed by atoms with E-state index < -0.39 is 0 Å². The van der Waals surface area contributed by atoms with Gasteiger partial charge in [-0.15, -0.1) is 11.3 Å². The fourth-order valence-corrected chi connectivity index (χ4v) is 2.79. The zero-order valence-electron chi connectivity index (χ0n) is 12.6. The van der Waals surface area contributed by atoms with Crippen LogP contribution in [0.5, 0.6) is 0 Å². The van der Waals surface area contributed by atoms with Gasteiger partial charge in [-0.3, -0.25) is 9.48 Å². The summed E-state index contributed by atoms with van der Waals surface area (Å²) in [5, 5.41) is 9.66. The summed E-state index contributed by atoms with van der Waals surface area (Å²) in [4.78, 5) is 24.9. The summed E-state index contributed by atoms with van der Waals surface area (Å²) >= 11 is 1.46. The highest BCUT2D eigenvalue weighted by Crippen LogP contribution is 2.19. The molecule has 0 fully saturated rings. The highest BCUT2D eigenvalue weighted by atomic mass is 32.1. The molecule has 0 unspecified atom stereocenters. The van der Waals surface area contributed by atoms with Crippen LogP contribution in [0.25, 0.3) is 10.8 Å². The smallest absolute Gasteiger partial charge is 0.225 e. The third-order valence-electron chi connectivity index (χ3n) is 3.22. The zero-order chi connectivity index (χ0) is 16.1. The molecular weight excluding hydrogens is 312 g/mol. The van der Waals surface area contributed by atoms with E-state index in [2.05, 4.69) is 25.4 Å². The number of carbonyl (C=O) groups excluding carboxylic acids is 1. The van der Waals surface area contributed by atoms with E-state index in [4.69, 9.17) is 0 Å². The minimum atomic E-state index is -0.162. The Labute approximate surface area is 137 Å². The largest absolute Gasteiger partial charge is 0.350 e. The maximum atomic E-state index is 12.1. The van der Waals surface area contributed by atoms with Crippen molar-refractivity contribution in [1.29, 1.82) is 0 Å². The van der Waals surface area contributed by atoms with Crippen LogP contribution in [-0.2, 0) is 17.9 Å². The summed E-state index contributed by atoms with van der Waals surface area (Å²) in [6.45, 7) is 2.83. The Bertz CT molecular complexity index is 755. The second-order valence-electron chi connectivity index (χ2n) is 5.06. The molecule has 23 heavy (non-hydrogen) atoms. The molecule has 0 bridgehead atoms. The molecule has 0 saturated heterocycles. The highest BCUT2D eigenvalue weighted by Gasteiger charge is 2.14. The molecule has 1 N–H and O–H groups in total. The van der Waals surface area contributed by atoms with Crippen LogP contribution in [0.15, 0.2) is 42.3 Å². The number of hydrogen-bond donors (Lipinski definition) is 1. The van der Waals surface area contributed by atoms with E-state index in [0.717, 1.165) is 10.7 Å². The summed E-state index contributed by atoms with van der Waals surface area (Å²) in [6, 6.07) is 3.60. The van der Waals surface area contributed by atoms with E-state index in [1.54, 1.807) is 29.3 Å². The summed E-state index contributed by atoms with van der Waals surface area (Å²) in [5.74, 6) is 0.415. The molecule has 0 aromatic carbocycles. The van der Waals surface area contributed by atoms with Gasteiger partial charge in [0.05, 0.1) is 24.7 Å². The molecular formula is C15H16N6OS. The molecule has 8 heteroatoms. The predicted molar refractivity (Wildman–Crippen MR) is 86.4 cm³/mol. The van der Waals surface area contributed by atoms with Gasteiger partial charge in [0.25, 0.3) is 0 Å². The SMILES string of the molecule is C[C@H](Cn1cccn1)C(=O)NCc1csc(-c2ncccn2)n1. The molecule has 0 aliphatic heterocycles.